The topological polar surface area (TPSA) is 64.2 Å². The van der Waals surface area contributed by atoms with Crippen LogP contribution in [0, 0.1) is 5.92 Å². The van der Waals surface area contributed by atoms with Crippen molar-refractivity contribution in [2.24, 2.45) is 5.92 Å². The summed E-state index contributed by atoms with van der Waals surface area (Å²) in [4.78, 5) is 16.7. The van der Waals surface area contributed by atoms with E-state index in [2.05, 4.69) is 22.3 Å². The second-order valence-electron chi connectivity index (χ2n) is 6.47. The second kappa shape index (κ2) is 5.94. The molecule has 1 fully saturated rings. The van der Waals surface area contributed by atoms with Gasteiger partial charge >= 0.3 is 0 Å². The van der Waals surface area contributed by atoms with Crippen LogP contribution in [0.4, 0.5) is 14.5 Å². The highest BCUT2D eigenvalue weighted by molar-refractivity contribution is 6.08. The summed E-state index contributed by atoms with van der Waals surface area (Å²) in [6.07, 6.45) is 5.60. The van der Waals surface area contributed by atoms with Crippen LogP contribution in [0.1, 0.15) is 48.3 Å². The third-order valence-corrected chi connectivity index (χ3v) is 4.60. The Balaban J connectivity index is 1.62. The number of hydrogen-bond donors (Lipinski definition) is 1. The van der Waals surface area contributed by atoms with Crippen molar-refractivity contribution in [3.8, 4) is 0 Å². The Bertz CT molecular complexity index is 926. The molecule has 0 unspecified atom stereocenters. The Morgan fingerprint density at radius 1 is 1.36 bits per heavy atom. The fourth-order valence-electron chi connectivity index (χ4n) is 3.23. The molecule has 3 heterocycles. The molecule has 3 aromatic heterocycles. The zero-order valence-electron chi connectivity index (χ0n) is 13.6. The number of nitrogens with one attached hydrogen (secondary N) is 1. The summed E-state index contributed by atoms with van der Waals surface area (Å²) in [5.74, 6) is 0.0886. The fraction of sp³-hybridized carbons (Fsp3) is 0.353. The first-order valence-corrected chi connectivity index (χ1v) is 8.13. The summed E-state index contributed by atoms with van der Waals surface area (Å²) in [5, 5.41) is 6.56. The minimum atomic E-state index is -2.75. The Labute approximate surface area is 142 Å². The average molecular weight is 345 g/mol. The zero-order valence-corrected chi connectivity index (χ0v) is 13.6. The molecule has 0 radical (unpaired) electrons. The molecule has 1 N–H and O–H groups in total. The van der Waals surface area contributed by atoms with Gasteiger partial charge in [-0.05, 0) is 30.9 Å². The second-order valence-corrected chi connectivity index (χ2v) is 6.47. The lowest BCUT2D eigenvalue weighted by Crippen LogP contribution is -2.25. The molecule has 1 aliphatic rings. The summed E-state index contributed by atoms with van der Waals surface area (Å²) in [6, 6.07) is 3.47. The minimum absolute atomic E-state index is 0.0508. The van der Waals surface area contributed by atoms with E-state index in [9.17, 15) is 13.6 Å². The van der Waals surface area contributed by atoms with E-state index in [0.29, 0.717) is 17.1 Å². The van der Waals surface area contributed by atoms with Gasteiger partial charge in [0.15, 0.2) is 5.69 Å². The van der Waals surface area contributed by atoms with Crippen molar-refractivity contribution in [3.63, 3.8) is 0 Å². The van der Waals surface area contributed by atoms with E-state index < -0.39 is 18.0 Å². The highest BCUT2D eigenvalue weighted by atomic mass is 19.3. The van der Waals surface area contributed by atoms with Crippen LogP contribution in [0.15, 0.2) is 36.9 Å². The summed E-state index contributed by atoms with van der Waals surface area (Å²) >= 11 is 0. The van der Waals surface area contributed by atoms with Gasteiger partial charge in [-0.25, -0.2) is 13.8 Å². The van der Waals surface area contributed by atoms with Gasteiger partial charge in [-0.1, -0.05) is 6.92 Å². The number of carbonyl (C=O) groups excluding carboxylic acids is 1. The molecule has 8 heteroatoms. The number of hydrogen-bond acceptors (Lipinski definition) is 3. The number of carbonyl (C=O) groups is 1. The van der Waals surface area contributed by atoms with Crippen LogP contribution in [-0.4, -0.2) is 25.1 Å². The maximum absolute atomic E-state index is 13.3. The van der Waals surface area contributed by atoms with E-state index in [4.69, 9.17) is 0 Å². The molecule has 1 amide bonds. The van der Waals surface area contributed by atoms with Crippen LogP contribution in [0.2, 0.25) is 0 Å². The van der Waals surface area contributed by atoms with Gasteiger partial charge in [-0.15, -0.1) is 0 Å². The summed E-state index contributed by atoms with van der Waals surface area (Å²) < 4.78 is 29.9. The van der Waals surface area contributed by atoms with E-state index in [1.807, 2.05) is 0 Å². The molecule has 130 valence electrons. The molecule has 0 bridgehead atoms. The van der Waals surface area contributed by atoms with Gasteiger partial charge in [0.2, 0.25) is 0 Å². The lowest BCUT2D eigenvalue weighted by molar-refractivity contribution is 0.102. The third kappa shape index (κ3) is 2.77. The van der Waals surface area contributed by atoms with E-state index in [-0.39, 0.29) is 11.7 Å². The van der Waals surface area contributed by atoms with Crippen molar-refractivity contribution in [1.29, 1.82) is 0 Å². The van der Waals surface area contributed by atoms with E-state index >= 15 is 0 Å². The highest BCUT2D eigenvalue weighted by Gasteiger charge is 2.30. The van der Waals surface area contributed by atoms with Crippen molar-refractivity contribution in [3.05, 3.63) is 48.2 Å². The molecule has 0 aromatic carbocycles. The Morgan fingerprint density at radius 2 is 2.16 bits per heavy atom. The molecular formula is C17H17F2N5O. The number of anilines is 1. The number of fused-ring (bicyclic) bond motifs is 1. The van der Waals surface area contributed by atoms with Gasteiger partial charge in [0, 0.05) is 24.8 Å². The van der Waals surface area contributed by atoms with Crippen LogP contribution >= 0.6 is 0 Å². The predicted octanol–water partition coefficient (Wildman–Crippen LogP) is 3.69. The standard InChI is InChI=1S/C17H17F2N5O/c1-10-7-11(8-10)24-9-13(14(22-24)15(18)19)21-17(25)12-3-6-23-5-2-4-20-16(12)23/h2-6,9-11,15H,7-8H2,1H3,(H,21,25)/t10-,11-. The number of halogens is 2. The minimum Gasteiger partial charge on any atom is -0.319 e. The molecule has 0 saturated heterocycles. The quantitative estimate of drug-likeness (QED) is 0.784. The highest BCUT2D eigenvalue weighted by Crippen LogP contribution is 2.38. The molecule has 0 aliphatic heterocycles. The SMILES string of the molecule is C[C@H]1C[C@H](n2cc(NC(=O)c3ccn4cccnc34)c(C(F)F)n2)C1. The van der Waals surface area contributed by atoms with E-state index in [1.165, 1.54) is 6.20 Å². The van der Waals surface area contributed by atoms with Crippen LogP contribution in [-0.2, 0) is 0 Å². The number of aromatic nitrogens is 4. The number of amides is 1. The van der Waals surface area contributed by atoms with Gasteiger partial charge in [0.25, 0.3) is 12.3 Å². The lowest BCUT2D eigenvalue weighted by Gasteiger charge is -2.32. The first kappa shape index (κ1) is 15.7. The number of alkyl halides is 2. The molecule has 0 atom stereocenters. The Hall–Kier alpha value is -2.77. The van der Waals surface area contributed by atoms with Crippen LogP contribution in [0.5, 0.6) is 0 Å². The average Bonchev–Trinajstić information content (AvgIpc) is 3.15. The van der Waals surface area contributed by atoms with Crippen molar-refractivity contribution >= 4 is 17.2 Å². The Kier molecular flexibility index (Phi) is 3.74. The summed E-state index contributed by atoms with van der Waals surface area (Å²) in [5.41, 5.74) is 0.448. The molecule has 1 aliphatic carbocycles. The van der Waals surface area contributed by atoms with E-state index in [1.54, 1.807) is 39.8 Å². The number of nitrogens with zero attached hydrogens (tertiary/aromatic N) is 4. The van der Waals surface area contributed by atoms with E-state index in [0.717, 1.165) is 12.8 Å². The van der Waals surface area contributed by atoms with Gasteiger partial charge in [0.05, 0.1) is 17.3 Å². The maximum Gasteiger partial charge on any atom is 0.284 e. The smallest absolute Gasteiger partial charge is 0.284 e. The van der Waals surface area contributed by atoms with Crippen molar-refractivity contribution < 1.29 is 13.6 Å². The largest absolute Gasteiger partial charge is 0.319 e. The first-order chi connectivity index (χ1) is 12.0. The normalized spacial score (nSPS) is 20.0. The fourth-order valence-corrected chi connectivity index (χ4v) is 3.23. The maximum atomic E-state index is 13.3. The lowest BCUT2D eigenvalue weighted by atomic mass is 9.82. The van der Waals surface area contributed by atoms with Crippen LogP contribution < -0.4 is 5.32 Å². The molecule has 3 aromatic rings. The van der Waals surface area contributed by atoms with Gasteiger partial charge < -0.3 is 9.72 Å². The molecule has 0 spiro atoms. The molecule has 25 heavy (non-hydrogen) atoms. The monoisotopic (exact) mass is 345 g/mol. The Morgan fingerprint density at radius 3 is 2.88 bits per heavy atom. The molecule has 6 nitrogen and oxygen atoms in total. The number of rotatable bonds is 4. The summed E-state index contributed by atoms with van der Waals surface area (Å²) in [6.45, 7) is 2.11. The van der Waals surface area contributed by atoms with Crippen molar-refractivity contribution in [1.82, 2.24) is 19.2 Å². The van der Waals surface area contributed by atoms with Gasteiger partial charge in [-0.3, -0.25) is 9.48 Å². The molecular weight excluding hydrogens is 328 g/mol. The van der Waals surface area contributed by atoms with Gasteiger partial charge in [-0.2, -0.15) is 5.10 Å². The van der Waals surface area contributed by atoms with Gasteiger partial charge in [0.1, 0.15) is 5.65 Å². The summed E-state index contributed by atoms with van der Waals surface area (Å²) in [7, 11) is 0. The van der Waals surface area contributed by atoms with Crippen LogP contribution in [0.25, 0.3) is 5.65 Å². The zero-order chi connectivity index (χ0) is 17.6. The van der Waals surface area contributed by atoms with Crippen molar-refractivity contribution in [2.45, 2.75) is 32.2 Å². The molecule has 1 saturated carbocycles. The molecule has 4 rings (SSSR count). The predicted molar refractivity (Wildman–Crippen MR) is 87.8 cm³/mol. The van der Waals surface area contributed by atoms with Crippen LogP contribution in [0.3, 0.4) is 0 Å². The first-order valence-electron chi connectivity index (χ1n) is 8.13. The van der Waals surface area contributed by atoms with Crippen molar-refractivity contribution in [2.75, 3.05) is 5.32 Å². The third-order valence-electron chi connectivity index (χ3n) is 4.60.